The summed E-state index contributed by atoms with van der Waals surface area (Å²) in [6.45, 7) is 6.27. The van der Waals surface area contributed by atoms with Gasteiger partial charge in [0.15, 0.2) is 5.13 Å². The lowest BCUT2D eigenvalue weighted by Crippen LogP contribution is -2.12. The minimum Gasteiger partial charge on any atom is -0.496 e. The van der Waals surface area contributed by atoms with E-state index in [1.165, 1.54) is 36.5 Å². The average molecular weight is 578 g/mol. The van der Waals surface area contributed by atoms with Crippen molar-refractivity contribution in [2.45, 2.75) is 46.1 Å². The molecule has 0 aliphatic rings. The van der Waals surface area contributed by atoms with E-state index in [0.29, 0.717) is 28.7 Å². The number of carboxylic acids is 1. The summed E-state index contributed by atoms with van der Waals surface area (Å²) in [5, 5.41) is 14.4. The Labute approximate surface area is 236 Å². The van der Waals surface area contributed by atoms with Crippen LogP contribution in [0.4, 0.5) is 5.13 Å². The van der Waals surface area contributed by atoms with Crippen LogP contribution < -0.4 is 10.1 Å². The van der Waals surface area contributed by atoms with Crippen LogP contribution in [-0.4, -0.2) is 35.7 Å². The highest BCUT2D eigenvalue weighted by molar-refractivity contribution is 7.14. The molecule has 202 valence electrons. The molecule has 2 aromatic carbocycles. The summed E-state index contributed by atoms with van der Waals surface area (Å²) in [6.07, 6.45) is 4.48. The first-order valence-corrected chi connectivity index (χ1v) is 13.8. The molecule has 3 rings (SSSR count). The number of halogens is 2. The van der Waals surface area contributed by atoms with E-state index in [-0.39, 0.29) is 27.3 Å². The standard InChI is InChI=1S/C28H30Cl2N2O5S/c1-5-6-7-11-37-17(3)19-9-8-10-20(25(19)36-4)24-15-38-28(31-24)32-26(33)18-13-22(29)21(23(30)14-18)12-16(2)27(34)35/h8-10,12-15,17H,5-7,11H2,1-4H3,(H,34,35)(H,31,32,33)/b16-12+. The molecule has 0 radical (unpaired) electrons. The molecule has 1 aromatic heterocycles. The Kier molecular flexibility index (Phi) is 10.7. The van der Waals surface area contributed by atoms with Gasteiger partial charge in [-0.1, -0.05) is 55.1 Å². The number of benzene rings is 2. The van der Waals surface area contributed by atoms with E-state index in [4.69, 9.17) is 37.8 Å². The number of anilines is 1. The highest BCUT2D eigenvalue weighted by Crippen LogP contribution is 2.38. The van der Waals surface area contributed by atoms with Gasteiger partial charge in [0.2, 0.25) is 0 Å². The second-order valence-electron chi connectivity index (χ2n) is 8.63. The molecule has 1 amide bonds. The van der Waals surface area contributed by atoms with Crippen molar-refractivity contribution < 1.29 is 24.2 Å². The zero-order valence-electron chi connectivity index (χ0n) is 21.6. The minimum absolute atomic E-state index is 0.0678. The maximum absolute atomic E-state index is 12.9. The monoisotopic (exact) mass is 576 g/mol. The highest BCUT2D eigenvalue weighted by Gasteiger charge is 2.19. The molecule has 38 heavy (non-hydrogen) atoms. The van der Waals surface area contributed by atoms with Gasteiger partial charge in [-0.2, -0.15) is 0 Å². The Hall–Kier alpha value is -2.91. The number of aromatic nitrogens is 1. The van der Waals surface area contributed by atoms with Gasteiger partial charge in [-0.15, -0.1) is 11.3 Å². The first-order valence-electron chi connectivity index (χ1n) is 12.1. The first-order chi connectivity index (χ1) is 18.2. The molecule has 0 aliphatic heterocycles. The van der Waals surface area contributed by atoms with Crippen LogP contribution in [0.5, 0.6) is 5.75 Å². The summed E-state index contributed by atoms with van der Waals surface area (Å²) in [5.41, 5.74) is 2.99. The van der Waals surface area contributed by atoms with Gasteiger partial charge in [-0.05, 0) is 44.5 Å². The fraction of sp³-hybridized carbons (Fsp3) is 0.321. The predicted molar refractivity (Wildman–Crippen MR) is 154 cm³/mol. The first kappa shape index (κ1) is 29.6. The van der Waals surface area contributed by atoms with E-state index >= 15 is 0 Å². The fourth-order valence-electron chi connectivity index (χ4n) is 3.76. The normalized spacial score (nSPS) is 12.3. The summed E-state index contributed by atoms with van der Waals surface area (Å²) in [4.78, 5) is 28.6. The number of nitrogens with one attached hydrogen (secondary N) is 1. The SMILES string of the molecule is CCCCCOC(C)c1cccc(-c2csc(NC(=O)c3cc(Cl)c(/C=C(\C)C(=O)O)c(Cl)c3)n2)c1OC. The van der Waals surface area contributed by atoms with E-state index in [0.717, 1.165) is 30.4 Å². The summed E-state index contributed by atoms with van der Waals surface area (Å²) in [6, 6.07) is 8.70. The van der Waals surface area contributed by atoms with Crippen molar-refractivity contribution in [2.75, 3.05) is 19.0 Å². The molecule has 3 aromatic rings. The number of rotatable bonds is 12. The van der Waals surface area contributed by atoms with Crippen molar-refractivity contribution in [2.24, 2.45) is 0 Å². The van der Waals surface area contributed by atoms with Gasteiger partial charge < -0.3 is 14.6 Å². The fourth-order valence-corrected chi connectivity index (χ4v) is 5.06. The average Bonchev–Trinajstić information content (AvgIpc) is 3.35. The van der Waals surface area contributed by atoms with Crippen LogP contribution in [0.1, 0.15) is 67.6 Å². The topological polar surface area (TPSA) is 97.8 Å². The number of thiazole rings is 1. The predicted octanol–water partition coefficient (Wildman–Crippen LogP) is 8.13. The van der Waals surface area contributed by atoms with E-state index < -0.39 is 11.9 Å². The van der Waals surface area contributed by atoms with Gasteiger partial charge in [0.25, 0.3) is 5.91 Å². The third-order valence-corrected chi connectivity index (χ3v) is 7.23. The Balaban J connectivity index is 1.79. The Morgan fingerprint density at radius 3 is 2.55 bits per heavy atom. The number of carbonyl (C=O) groups excluding carboxylic acids is 1. The zero-order valence-corrected chi connectivity index (χ0v) is 24.0. The number of para-hydroxylation sites is 1. The lowest BCUT2D eigenvalue weighted by molar-refractivity contribution is -0.132. The molecule has 10 heteroatoms. The Morgan fingerprint density at radius 1 is 1.21 bits per heavy atom. The molecule has 0 aliphatic carbocycles. The smallest absolute Gasteiger partial charge is 0.331 e. The molecule has 7 nitrogen and oxygen atoms in total. The molecular weight excluding hydrogens is 547 g/mol. The van der Waals surface area contributed by atoms with E-state index in [2.05, 4.69) is 17.2 Å². The number of ether oxygens (including phenoxy) is 2. The largest absolute Gasteiger partial charge is 0.496 e. The van der Waals surface area contributed by atoms with E-state index in [1.54, 1.807) is 7.11 Å². The number of carboxylic acid groups (broad SMARTS) is 1. The molecule has 1 heterocycles. The van der Waals surface area contributed by atoms with Gasteiger partial charge >= 0.3 is 5.97 Å². The van der Waals surface area contributed by atoms with Crippen LogP contribution >= 0.6 is 34.5 Å². The van der Waals surface area contributed by atoms with Crippen molar-refractivity contribution in [1.82, 2.24) is 4.98 Å². The quantitative estimate of drug-likeness (QED) is 0.167. The van der Waals surface area contributed by atoms with Crippen molar-refractivity contribution in [1.29, 1.82) is 0 Å². The molecule has 1 unspecified atom stereocenters. The molecular formula is C28H30Cl2N2O5S. The molecule has 0 bridgehead atoms. The zero-order chi connectivity index (χ0) is 27.8. The second-order valence-corrected chi connectivity index (χ2v) is 10.3. The maximum atomic E-state index is 12.9. The maximum Gasteiger partial charge on any atom is 0.331 e. The molecule has 0 fully saturated rings. The summed E-state index contributed by atoms with van der Waals surface area (Å²) in [7, 11) is 1.62. The van der Waals surface area contributed by atoms with Crippen LogP contribution in [0.15, 0.2) is 41.3 Å². The number of amides is 1. The van der Waals surface area contributed by atoms with Crippen LogP contribution in [0, 0.1) is 0 Å². The van der Waals surface area contributed by atoms with Gasteiger partial charge in [0.05, 0.1) is 29.0 Å². The van der Waals surface area contributed by atoms with E-state index in [1.807, 2.05) is 30.5 Å². The molecule has 0 saturated heterocycles. The number of hydrogen-bond acceptors (Lipinski definition) is 6. The lowest BCUT2D eigenvalue weighted by atomic mass is 10.0. The van der Waals surface area contributed by atoms with Crippen LogP contribution in [0.2, 0.25) is 10.0 Å². The summed E-state index contributed by atoms with van der Waals surface area (Å²) >= 11 is 13.9. The number of carbonyl (C=O) groups is 2. The Morgan fingerprint density at radius 2 is 1.92 bits per heavy atom. The van der Waals surface area contributed by atoms with Crippen molar-refractivity contribution in [3.05, 3.63) is 68.0 Å². The molecule has 0 saturated carbocycles. The summed E-state index contributed by atoms with van der Waals surface area (Å²) < 4.78 is 11.8. The van der Waals surface area contributed by atoms with Crippen molar-refractivity contribution in [3.63, 3.8) is 0 Å². The number of methoxy groups -OCH3 is 1. The number of hydrogen-bond donors (Lipinski definition) is 2. The van der Waals surface area contributed by atoms with Crippen molar-refractivity contribution in [3.8, 4) is 17.0 Å². The Bertz CT molecular complexity index is 1320. The summed E-state index contributed by atoms with van der Waals surface area (Å²) in [5.74, 6) is -0.859. The van der Waals surface area contributed by atoms with Crippen LogP contribution in [-0.2, 0) is 9.53 Å². The van der Waals surface area contributed by atoms with Crippen LogP contribution in [0.25, 0.3) is 17.3 Å². The van der Waals surface area contributed by atoms with Gasteiger partial charge in [0.1, 0.15) is 5.75 Å². The molecule has 2 N–H and O–H groups in total. The number of aliphatic carboxylic acids is 1. The lowest BCUT2D eigenvalue weighted by Gasteiger charge is -2.18. The van der Waals surface area contributed by atoms with Crippen LogP contribution in [0.3, 0.4) is 0 Å². The highest BCUT2D eigenvalue weighted by atomic mass is 35.5. The van der Waals surface area contributed by atoms with Gasteiger partial charge in [0, 0.05) is 39.8 Å². The van der Waals surface area contributed by atoms with Crippen molar-refractivity contribution >= 4 is 57.6 Å². The second kappa shape index (κ2) is 13.8. The van der Waals surface area contributed by atoms with Gasteiger partial charge in [-0.25, -0.2) is 9.78 Å². The molecule has 1 atom stereocenters. The number of nitrogens with zero attached hydrogens (tertiary/aromatic N) is 1. The van der Waals surface area contributed by atoms with Gasteiger partial charge in [-0.3, -0.25) is 10.1 Å². The third-order valence-electron chi connectivity index (χ3n) is 5.84. The van der Waals surface area contributed by atoms with E-state index in [9.17, 15) is 9.59 Å². The minimum atomic E-state index is -1.09. The third kappa shape index (κ3) is 7.35. The molecule has 0 spiro atoms. The number of unbranched alkanes of at least 4 members (excludes halogenated alkanes) is 2.